The van der Waals surface area contributed by atoms with Crippen molar-refractivity contribution < 1.29 is 9.84 Å². The minimum atomic E-state index is -0.297. The Morgan fingerprint density at radius 3 is 2.53 bits per heavy atom. The average molecular weight is 215 g/mol. The van der Waals surface area contributed by atoms with Crippen LogP contribution < -0.4 is 0 Å². The molecule has 15 heavy (non-hydrogen) atoms. The van der Waals surface area contributed by atoms with Gasteiger partial charge in [0.1, 0.15) is 0 Å². The molecule has 0 amide bonds. The van der Waals surface area contributed by atoms with Crippen LogP contribution in [0.1, 0.15) is 33.6 Å². The summed E-state index contributed by atoms with van der Waals surface area (Å²) in [7, 11) is 0. The number of nitrogens with zero attached hydrogens (tertiary/aromatic N) is 1. The first-order valence-corrected chi connectivity index (χ1v) is 6.24. The Labute approximate surface area is 93.4 Å². The molecule has 1 fully saturated rings. The fourth-order valence-corrected chi connectivity index (χ4v) is 2.30. The Bertz CT molecular complexity index is 171. The summed E-state index contributed by atoms with van der Waals surface area (Å²) in [6.07, 6.45) is 1.78. The van der Waals surface area contributed by atoms with E-state index in [2.05, 4.69) is 25.7 Å². The van der Waals surface area contributed by atoms with Crippen molar-refractivity contribution in [3.63, 3.8) is 0 Å². The molecule has 0 radical (unpaired) electrons. The van der Waals surface area contributed by atoms with E-state index >= 15 is 0 Å². The minimum absolute atomic E-state index is 0.0172. The van der Waals surface area contributed by atoms with Crippen molar-refractivity contribution in [2.75, 3.05) is 26.2 Å². The molecule has 1 rings (SSSR count). The number of morpholine rings is 1. The summed E-state index contributed by atoms with van der Waals surface area (Å²) in [6.45, 7) is 10.1. The largest absolute Gasteiger partial charge is 0.390 e. The lowest BCUT2D eigenvalue weighted by Crippen LogP contribution is -2.49. The summed E-state index contributed by atoms with van der Waals surface area (Å²) < 4.78 is 5.66. The molecule has 0 aliphatic carbocycles. The summed E-state index contributed by atoms with van der Waals surface area (Å²) in [5, 5.41) is 10.2. The third-order valence-corrected chi connectivity index (χ3v) is 3.54. The third kappa shape index (κ3) is 3.44. The van der Waals surface area contributed by atoms with Crippen molar-refractivity contribution in [1.82, 2.24) is 4.90 Å². The van der Waals surface area contributed by atoms with Crippen LogP contribution in [0, 0.1) is 5.92 Å². The Balaban J connectivity index is 2.47. The molecule has 0 aromatic rings. The van der Waals surface area contributed by atoms with Gasteiger partial charge in [0.2, 0.25) is 0 Å². The molecule has 3 heteroatoms. The lowest BCUT2D eigenvalue weighted by molar-refractivity contribution is -0.105. The molecule has 90 valence electrons. The normalized spacial score (nSPS) is 25.8. The Kier molecular flexibility index (Phi) is 5.58. The van der Waals surface area contributed by atoms with Gasteiger partial charge in [-0.15, -0.1) is 0 Å². The number of likely N-dealkylation sites (N-methyl/N-ethyl adjacent to an activating group) is 1. The first-order chi connectivity index (χ1) is 7.22. The fourth-order valence-electron chi connectivity index (χ4n) is 2.30. The molecular formula is C12H25NO2. The maximum atomic E-state index is 10.2. The molecule has 1 heterocycles. The van der Waals surface area contributed by atoms with Gasteiger partial charge in [0, 0.05) is 13.1 Å². The van der Waals surface area contributed by atoms with Crippen LogP contribution in [0.3, 0.4) is 0 Å². The maximum absolute atomic E-state index is 10.2. The van der Waals surface area contributed by atoms with Crippen molar-refractivity contribution in [2.45, 2.75) is 45.8 Å². The van der Waals surface area contributed by atoms with E-state index in [9.17, 15) is 5.11 Å². The molecule has 0 aromatic carbocycles. The molecule has 0 saturated carbocycles. The monoisotopic (exact) mass is 215 g/mol. The minimum Gasteiger partial charge on any atom is -0.390 e. The Hall–Kier alpha value is -0.120. The third-order valence-electron chi connectivity index (χ3n) is 3.54. The summed E-state index contributed by atoms with van der Waals surface area (Å²) in [6, 6.07) is 0. The van der Waals surface area contributed by atoms with Gasteiger partial charge in [0.05, 0.1) is 18.8 Å². The van der Waals surface area contributed by atoms with Crippen LogP contribution in [0.2, 0.25) is 0 Å². The summed E-state index contributed by atoms with van der Waals surface area (Å²) in [5.41, 5.74) is 0. The highest BCUT2D eigenvalue weighted by atomic mass is 16.5. The van der Waals surface area contributed by atoms with E-state index in [1.54, 1.807) is 0 Å². The molecule has 0 spiro atoms. The smallest absolute Gasteiger partial charge is 0.0963 e. The van der Waals surface area contributed by atoms with Crippen LogP contribution in [0.5, 0.6) is 0 Å². The lowest BCUT2D eigenvalue weighted by Gasteiger charge is -2.36. The highest BCUT2D eigenvalue weighted by Gasteiger charge is 2.30. The molecular weight excluding hydrogens is 190 g/mol. The number of ether oxygens (including phenoxy) is 1. The van der Waals surface area contributed by atoms with Gasteiger partial charge < -0.3 is 9.84 Å². The van der Waals surface area contributed by atoms with Gasteiger partial charge in [-0.25, -0.2) is 0 Å². The molecule has 3 nitrogen and oxygen atoms in total. The SMILES string of the molecule is CCC(CC)C(O)C1CN(CC)CCO1. The van der Waals surface area contributed by atoms with Crippen LogP contribution in [-0.2, 0) is 4.74 Å². The number of hydrogen-bond acceptors (Lipinski definition) is 3. The molecule has 2 unspecified atom stereocenters. The van der Waals surface area contributed by atoms with Gasteiger partial charge >= 0.3 is 0 Å². The van der Waals surface area contributed by atoms with Crippen molar-refractivity contribution in [1.29, 1.82) is 0 Å². The summed E-state index contributed by atoms with van der Waals surface area (Å²) in [4.78, 5) is 2.35. The predicted octanol–water partition coefficient (Wildman–Crippen LogP) is 1.50. The van der Waals surface area contributed by atoms with Gasteiger partial charge in [-0.2, -0.15) is 0 Å². The molecule has 1 aliphatic heterocycles. The van der Waals surface area contributed by atoms with E-state index in [0.717, 1.165) is 39.1 Å². The lowest BCUT2D eigenvalue weighted by atomic mass is 9.92. The van der Waals surface area contributed by atoms with E-state index in [1.165, 1.54) is 0 Å². The maximum Gasteiger partial charge on any atom is 0.0963 e. The van der Waals surface area contributed by atoms with E-state index < -0.39 is 0 Å². The van der Waals surface area contributed by atoms with E-state index in [4.69, 9.17) is 4.74 Å². The zero-order valence-electron chi connectivity index (χ0n) is 10.3. The number of rotatable bonds is 5. The molecule has 1 saturated heterocycles. The average Bonchev–Trinajstić information content (AvgIpc) is 2.30. The van der Waals surface area contributed by atoms with Crippen LogP contribution in [-0.4, -0.2) is 48.5 Å². The van der Waals surface area contributed by atoms with E-state index in [0.29, 0.717) is 5.92 Å². The van der Waals surface area contributed by atoms with E-state index in [-0.39, 0.29) is 12.2 Å². The zero-order chi connectivity index (χ0) is 11.3. The van der Waals surface area contributed by atoms with Gasteiger partial charge in [0.15, 0.2) is 0 Å². The number of aliphatic hydroxyl groups is 1. The fraction of sp³-hybridized carbons (Fsp3) is 1.00. The molecule has 2 atom stereocenters. The highest BCUT2D eigenvalue weighted by Crippen LogP contribution is 2.20. The highest BCUT2D eigenvalue weighted by molar-refractivity contribution is 4.81. The second kappa shape index (κ2) is 6.46. The zero-order valence-corrected chi connectivity index (χ0v) is 10.3. The van der Waals surface area contributed by atoms with Crippen LogP contribution in [0.4, 0.5) is 0 Å². The van der Waals surface area contributed by atoms with Gasteiger partial charge in [-0.3, -0.25) is 4.90 Å². The summed E-state index contributed by atoms with van der Waals surface area (Å²) in [5.74, 6) is 0.381. The first-order valence-electron chi connectivity index (χ1n) is 6.24. The van der Waals surface area contributed by atoms with E-state index in [1.807, 2.05) is 0 Å². The van der Waals surface area contributed by atoms with Gasteiger partial charge in [0.25, 0.3) is 0 Å². The van der Waals surface area contributed by atoms with Gasteiger partial charge in [-0.1, -0.05) is 33.6 Å². The second-order valence-electron chi connectivity index (χ2n) is 4.37. The second-order valence-corrected chi connectivity index (χ2v) is 4.37. The van der Waals surface area contributed by atoms with Crippen LogP contribution in [0.15, 0.2) is 0 Å². The summed E-state index contributed by atoms with van der Waals surface area (Å²) >= 11 is 0. The number of hydrogen-bond donors (Lipinski definition) is 1. The van der Waals surface area contributed by atoms with Crippen molar-refractivity contribution >= 4 is 0 Å². The van der Waals surface area contributed by atoms with Crippen LogP contribution >= 0.6 is 0 Å². The van der Waals surface area contributed by atoms with Gasteiger partial charge in [-0.05, 0) is 12.5 Å². The standard InChI is InChI=1S/C12H25NO2/c1-4-10(5-2)12(14)11-9-13(6-3)7-8-15-11/h10-12,14H,4-9H2,1-3H3. The molecule has 0 bridgehead atoms. The van der Waals surface area contributed by atoms with Crippen molar-refractivity contribution in [2.24, 2.45) is 5.92 Å². The quantitative estimate of drug-likeness (QED) is 0.754. The Morgan fingerprint density at radius 1 is 1.33 bits per heavy atom. The number of aliphatic hydroxyl groups excluding tert-OH is 1. The molecule has 0 aromatic heterocycles. The van der Waals surface area contributed by atoms with Crippen molar-refractivity contribution in [3.05, 3.63) is 0 Å². The van der Waals surface area contributed by atoms with Crippen LogP contribution in [0.25, 0.3) is 0 Å². The first kappa shape index (κ1) is 12.9. The topological polar surface area (TPSA) is 32.7 Å². The predicted molar refractivity (Wildman–Crippen MR) is 61.9 cm³/mol. The Morgan fingerprint density at radius 2 is 2.00 bits per heavy atom. The molecule has 1 N–H and O–H groups in total. The molecule has 1 aliphatic rings. The van der Waals surface area contributed by atoms with Crippen molar-refractivity contribution in [3.8, 4) is 0 Å².